The summed E-state index contributed by atoms with van der Waals surface area (Å²) in [7, 11) is -0.983. The molecule has 0 unspecified atom stereocenters. The number of piperidine rings is 1. The van der Waals surface area contributed by atoms with Crippen molar-refractivity contribution in [3.63, 3.8) is 0 Å². The van der Waals surface area contributed by atoms with Crippen molar-refractivity contribution in [1.29, 1.82) is 0 Å². The number of carbonyl (C=O) groups excluding carboxylic acids is 1. The molecule has 190 valence electrons. The third-order valence-corrected chi connectivity index (χ3v) is 7.79. The molecule has 0 atom stereocenters. The molecule has 1 aliphatic rings. The van der Waals surface area contributed by atoms with Crippen LogP contribution in [0.2, 0.25) is 5.02 Å². The van der Waals surface area contributed by atoms with E-state index < -0.39 is 7.14 Å². The van der Waals surface area contributed by atoms with Crippen LogP contribution in [-0.4, -0.2) is 54.4 Å². The van der Waals surface area contributed by atoms with Gasteiger partial charge in [-0.1, -0.05) is 23.7 Å². The van der Waals surface area contributed by atoms with Crippen LogP contribution in [0.15, 0.2) is 42.6 Å². The van der Waals surface area contributed by atoms with Gasteiger partial charge in [0.25, 0.3) is 0 Å². The summed E-state index contributed by atoms with van der Waals surface area (Å²) in [4.78, 5) is 22.5. The van der Waals surface area contributed by atoms with Gasteiger partial charge in [0.05, 0.1) is 31.3 Å². The lowest BCUT2D eigenvalue weighted by Crippen LogP contribution is -2.34. The number of Topliss-reactive ketones (excluding diaryl/α,β-unsaturated/α-hetero) is 1. The number of halogens is 1. The molecular weight excluding hydrogens is 501 g/mol. The Hall–Kier alpha value is -3.13. The molecule has 2 aromatic carbocycles. The van der Waals surface area contributed by atoms with E-state index in [2.05, 4.69) is 25.5 Å². The van der Waals surface area contributed by atoms with E-state index in [1.165, 1.54) is 6.20 Å². The molecule has 3 aromatic rings. The molecule has 11 heteroatoms. The zero-order valence-corrected chi connectivity index (χ0v) is 22.1. The van der Waals surface area contributed by atoms with E-state index in [-0.39, 0.29) is 18.3 Å². The molecule has 0 amide bonds. The molecule has 4 rings (SSSR count). The van der Waals surface area contributed by atoms with Crippen molar-refractivity contribution in [1.82, 2.24) is 9.97 Å². The molecule has 1 saturated heterocycles. The topological polar surface area (TPSA) is 117 Å². The highest BCUT2D eigenvalue weighted by atomic mass is 35.5. The first-order chi connectivity index (χ1) is 17.2. The van der Waals surface area contributed by atoms with Crippen molar-refractivity contribution in [3.8, 4) is 5.75 Å². The van der Waals surface area contributed by atoms with Gasteiger partial charge in [-0.2, -0.15) is 4.98 Å². The zero-order valence-electron chi connectivity index (χ0n) is 20.4. The van der Waals surface area contributed by atoms with Crippen molar-refractivity contribution in [2.75, 3.05) is 49.1 Å². The van der Waals surface area contributed by atoms with Crippen LogP contribution in [0.1, 0.15) is 18.4 Å². The third-order valence-electron chi connectivity index (χ3n) is 5.96. The van der Waals surface area contributed by atoms with E-state index >= 15 is 0 Å². The fourth-order valence-electron chi connectivity index (χ4n) is 4.11. The summed E-state index contributed by atoms with van der Waals surface area (Å²) in [6.45, 7) is 4.43. The molecule has 0 aliphatic carbocycles. The number of hydrogen-bond donors (Lipinski definition) is 3. The van der Waals surface area contributed by atoms with Crippen molar-refractivity contribution < 1.29 is 19.2 Å². The molecule has 0 bridgehead atoms. The maximum atomic E-state index is 12.7. The Labute approximate surface area is 215 Å². The Balaban J connectivity index is 1.63. The average molecular weight is 530 g/mol. The molecule has 9 nitrogen and oxygen atoms in total. The predicted molar refractivity (Wildman–Crippen MR) is 145 cm³/mol. The smallest absolute Gasteiger partial charge is 0.229 e. The number of aromatic nitrogens is 2. The predicted octanol–water partition coefficient (Wildman–Crippen LogP) is 4.54. The summed E-state index contributed by atoms with van der Waals surface area (Å²) >= 11 is 6.37. The number of rotatable bonds is 8. The minimum Gasteiger partial charge on any atom is -0.494 e. The largest absolute Gasteiger partial charge is 0.494 e. The lowest BCUT2D eigenvalue weighted by atomic mass is 10.1. The molecule has 0 radical (unpaired) electrons. The van der Waals surface area contributed by atoms with Gasteiger partial charge in [0.1, 0.15) is 23.7 Å². The molecule has 3 N–H and O–H groups in total. The highest BCUT2D eigenvalue weighted by Crippen LogP contribution is 2.39. The van der Waals surface area contributed by atoms with Gasteiger partial charge in [-0.15, -0.1) is 0 Å². The first-order valence-electron chi connectivity index (χ1n) is 11.5. The van der Waals surface area contributed by atoms with Crippen molar-refractivity contribution >= 4 is 58.7 Å². The van der Waals surface area contributed by atoms with E-state index in [1.807, 2.05) is 30.3 Å². The number of methoxy groups -OCH3 is 1. The van der Waals surface area contributed by atoms with Crippen LogP contribution in [0.5, 0.6) is 5.75 Å². The summed E-state index contributed by atoms with van der Waals surface area (Å²) in [6.07, 6.45) is 2.43. The molecule has 2 heterocycles. The monoisotopic (exact) mass is 529 g/mol. The average Bonchev–Trinajstić information content (AvgIpc) is 2.86. The number of aliphatic hydroxyl groups excluding tert-OH is 1. The minimum atomic E-state index is -2.54. The first-order valence-corrected chi connectivity index (χ1v) is 14.5. The number of para-hydroxylation sites is 1. The third kappa shape index (κ3) is 5.81. The number of aliphatic hydroxyl groups is 1. The lowest BCUT2D eigenvalue weighted by Gasteiger charge is -2.30. The lowest BCUT2D eigenvalue weighted by molar-refractivity contribution is -0.119. The molecule has 0 spiro atoms. The Morgan fingerprint density at radius 1 is 1.14 bits per heavy atom. The van der Waals surface area contributed by atoms with Crippen LogP contribution in [0.4, 0.5) is 28.8 Å². The summed E-state index contributed by atoms with van der Waals surface area (Å²) < 4.78 is 18.3. The molecule has 0 saturated carbocycles. The van der Waals surface area contributed by atoms with Gasteiger partial charge in [-0.05, 0) is 31.5 Å². The number of ketones is 1. The Morgan fingerprint density at radius 3 is 2.53 bits per heavy atom. The summed E-state index contributed by atoms with van der Waals surface area (Å²) in [5.74, 6) is 1.39. The fraction of sp³-hybridized carbons (Fsp3) is 0.320. The number of anilines is 5. The molecule has 1 aliphatic heterocycles. The quantitative estimate of drug-likeness (QED) is 0.362. The minimum absolute atomic E-state index is 0.183. The fourth-order valence-corrected chi connectivity index (χ4v) is 5.40. The molecule has 1 aromatic heterocycles. The van der Waals surface area contributed by atoms with E-state index in [0.29, 0.717) is 64.8 Å². The number of carbonyl (C=O) groups is 1. The van der Waals surface area contributed by atoms with Crippen LogP contribution in [-0.2, 0) is 16.0 Å². The second-order valence-electron chi connectivity index (χ2n) is 8.87. The van der Waals surface area contributed by atoms with Gasteiger partial charge in [-0.3, -0.25) is 4.79 Å². The normalized spacial score (nSPS) is 14.0. The van der Waals surface area contributed by atoms with Crippen LogP contribution in [0, 0.1) is 0 Å². The SMILES string of the molecule is COc1cc(N2CCC(=O)CC2)c(CO)cc1Nc1ncc(Cl)c(Nc2ccccc2P(C)(C)=O)n1. The number of nitrogens with one attached hydrogen (secondary N) is 2. The van der Waals surface area contributed by atoms with E-state index in [9.17, 15) is 14.5 Å². The molecule has 36 heavy (non-hydrogen) atoms. The standard InChI is InChI=1S/C25H29ClN5O4P/c1-35-22-13-21(31-10-8-17(33)9-11-31)16(15-32)12-20(22)29-25-27-14-18(26)24(30-25)28-19-6-4-5-7-23(19)36(2,3)34/h4-7,12-14,32H,8-11,15H2,1-3H3,(H2,27,28,29,30). The Morgan fingerprint density at radius 2 is 1.86 bits per heavy atom. The van der Waals surface area contributed by atoms with Gasteiger partial charge in [-0.25, -0.2) is 4.98 Å². The van der Waals surface area contributed by atoms with Gasteiger partial charge in [0, 0.05) is 48.6 Å². The summed E-state index contributed by atoms with van der Waals surface area (Å²) in [6, 6.07) is 11.0. The summed E-state index contributed by atoms with van der Waals surface area (Å²) in [5.41, 5.74) is 2.74. The summed E-state index contributed by atoms with van der Waals surface area (Å²) in [5, 5.41) is 17.4. The van der Waals surface area contributed by atoms with Gasteiger partial charge in [0.15, 0.2) is 5.82 Å². The van der Waals surface area contributed by atoms with Crippen LogP contribution >= 0.6 is 18.7 Å². The Bertz CT molecular complexity index is 1320. The van der Waals surface area contributed by atoms with Crippen molar-refractivity contribution in [2.24, 2.45) is 0 Å². The number of ether oxygens (including phenoxy) is 1. The van der Waals surface area contributed by atoms with Gasteiger partial charge < -0.3 is 29.9 Å². The maximum absolute atomic E-state index is 12.7. The molecular formula is C25H29ClN5O4P. The zero-order chi connectivity index (χ0) is 25.9. The maximum Gasteiger partial charge on any atom is 0.229 e. The van der Waals surface area contributed by atoms with Crippen molar-refractivity contribution in [2.45, 2.75) is 19.4 Å². The van der Waals surface area contributed by atoms with E-state index in [1.54, 1.807) is 26.5 Å². The second kappa shape index (κ2) is 10.9. The van der Waals surface area contributed by atoms with E-state index in [0.717, 1.165) is 5.69 Å². The molecule has 1 fully saturated rings. The first kappa shape index (κ1) is 25.9. The van der Waals surface area contributed by atoms with Crippen LogP contribution in [0.3, 0.4) is 0 Å². The number of hydrogen-bond acceptors (Lipinski definition) is 9. The highest BCUT2D eigenvalue weighted by molar-refractivity contribution is 7.70. The Kier molecular flexibility index (Phi) is 7.83. The van der Waals surface area contributed by atoms with E-state index in [4.69, 9.17) is 16.3 Å². The second-order valence-corrected chi connectivity index (χ2v) is 12.5. The number of nitrogens with zero attached hydrogens (tertiary/aromatic N) is 3. The van der Waals surface area contributed by atoms with Gasteiger partial charge >= 0.3 is 0 Å². The van der Waals surface area contributed by atoms with Gasteiger partial charge in [0.2, 0.25) is 5.95 Å². The highest BCUT2D eigenvalue weighted by Gasteiger charge is 2.22. The number of benzene rings is 2. The van der Waals surface area contributed by atoms with Crippen LogP contribution < -0.4 is 25.6 Å². The van der Waals surface area contributed by atoms with Crippen molar-refractivity contribution in [3.05, 3.63) is 53.2 Å². The van der Waals surface area contributed by atoms with Crippen LogP contribution in [0.25, 0.3) is 0 Å².